The minimum Gasteiger partial charge on any atom is -0.341 e. The van der Waals surface area contributed by atoms with Crippen LogP contribution in [-0.2, 0) is 4.79 Å². The van der Waals surface area contributed by atoms with Crippen molar-refractivity contribution in [1.82, 2.24) is 4.90 Å². The topological polar surface area (TPSA) is 46.3 Å². The van der Waals surface area contributed by atoms with Gasteiger partial charge in [-0.15, -0.1) is 0 Å². The molecule has 0 saturated heterocycles. The van der Waals surface area contributed by atoms with Gasteiger partial charge in [0.2, 0.25) is 5.91 Å². The highest BCUT2D eigenvalue weighted by atomic mass is 16.2. The van der Waals surface area contributed by atoms with Crippen molar-refractivity contribution >= 4 is 5.91 Å². The third kappa shape index (κ3) is 3.98. The van der Waals surface area contributed by atoms with Crippen molar-refractivity contribution in [2.45, 2.75) is 71.4 Å². The lowest BCUT2D eigenvalue weighted by Crippen LogP contribution is -2.51. The van der Waals surface area contributed by atoms with E-state index in [1.165, 1.54) is 25.7 Å². The number of nitrogens with two attached hydrogens (primary N) is 1. The van der Waals surface area contributed by atoms with E-state index in [2.05, 4.69) is 0 Å². The fourth-order valence-corrected chi connectivity index (χ4v) is 2.41. The van der Waals surface area contributed by atoms with Gasteiger partial charge in [-0.25, -0.2) is 0 Å². The normalized spacial score (nSPS) is 20.8. The van der Waals surface area contributed by atoms with Crippen LogP contribution >= 0.6 is 0 Å². The van der Waals surface area contributed by atoms with Crippen LogP contribution in [0.3, 0.4) is 0 Å². The van der Waals surface area contributed by atoms with Gasteiger partial charge >= 0.3 is 0 Å². The van der Waals surface area contributed by atoms with E-state index in [4.69, 9.17) is 5.73 Å². The van der Waals surface area contributed by atoms with Crippen LogP contribution in [0.15, 0.2) is 0 Å². The highest BCUT2D eigenvalue weighted by molar-refractivity contribution is 5.82. The maximum atomic E-state index is 12.3. The first-order chi connectivity index (χ1) is 7.84. The predicted molar refractivity (Wildman–Crippen MR) is 71.7 cm³/mol. The van der Waals surface area contributed by atoms with Gasteiger partial charge in [0.1, 0.15) is 0 Å². The number of carbonyl (C=O) groups is 1. The molecular formula is C14H28N2O. The standard InChI is InChI=1S/C14H28N2O/c1-14(2,3)12(15)13(17)16(4)11-9-7-5-6-8-10-11/h11-12H,5-10,15H2,1-4H3/t12-/m1/s1. The van der Waals surface area contributed by atoms with Gasteiger partial charge in [0, 0.05) is 13.1 Å². The van der Waals surface area contributed by atoms with Crippen molar-refractivity contribution in [2.24, 2.45) is 11.1 Å². The monoisotopic (exact) mass is 240 g/mol. The van der Waals surface area contributed by atoms with E-state index in [1.54, 1.807) is 0 Å². The molecule has 100 valence electrons. The molecule has 0 aromatic carbocycles. The van der Waals surface area contributed by atoms with Crippen LogP contribution in [-0.4, -0.2) is 29.9 Å². The lowest BCUT2D eigenvalue weighted by atomic mass is 9.86. The van der Waals surface area contributed by atoms with Gasteiger partial charge in [0.05, 0.1) is 6.04 Å². The summed E-state index contributed by atoms with van der Waals surface area (Å²) in [6.07, 6.45) is 7.38. The number of carbonyl (C=O) groups excluding carboxylic acids is 1. The van der Waals surface area contributed by atoms with Crippen LogP contribution < -0.4 is 5.73 Å². The Morgan fingerprint density at radius 3 is 2.06 bits per heavy atom. The molecule has 1 amide bonds. The van der Waals surface area contributed by atoms with E-state index in [-0.39, 0.29) is 11.3 Å². The second-order valence-electron chi connectivity index (χ2n) is 6.44. The molecule has 0 spiro atoms. The molecule has 0 bridgehead atoms. The van der Waals surface area contributed by atoms with Crippen molar-refractivity contribution in [2.75, 3.05) is 7.05 Å². The number of rotatable bonds is 2. The Bertz CT molecular complexity index is 249. The largest absolute Gasteiger partial charge is 0.341 e. The van der Waals surface area contributed by atoms with E-state index < -0.39 is 6.04 Å². The van der Waals surface area contributed by atoms with E-state index in [0.717, 1.165) is 12.8 Å². The predicted octanol–water partition coefficient (Wildman–Crippen LogP) is 2.54. The SMILES string of the molecule is CN(C(=O)[C@@H](N)C(C)(C)C)C1CCCCCC1. The molecule has 2 N–H and O–H groups in total. The molecule has 1 saturated carbocycles. The molecule has 0 aromatic rings. The lowest BCUT2D eigenvalue weighted by molar-refractivity contribution is -0.136. The second-order valence-corrected chi connectivity index (χ2v) is 6.44. The van der Waals surface area contributed by atoms with E-state index in [9.17, 15) is 4.79 Å². The Balaban J connectivity index is 2.61. The summed E-state index contributed by atoms with van der Waals surface area (Å²) in [6.45, 7) is 6.07. The van der Waals surface area contributed by atoms with Crippen LogP contribution in [0.25, 0.3) is 0 Å². The van der Waals surface area contributed by atoms with E-state index in [0.29, 0.717) is 6.04 Å². The van der Waals surface area contributed by atoms with Crippen LogP contribution in [0.4, 0.5) is 0 Å². The Hall–Kier alpha value is -0.570. The summed E-state index contributed by atoms with van der Waals surface area (Å²) in [6, 6.07) is 0.00848. The van der Waals surface area contributed by atoms with Gasteiger partial charge in [-0.2, -0.15) is 0 Å². The molecule has 1 rings (SSSR count). The minimum atomic E-state index is -0.393. The third-order valence-corrected chi connectivity index (χ3v) is 3.92. The summed E-state index contributed by atoms with van der Waals surface area (Å²) >= 11 is 0. The number of hydrogen-bond donors (Lipinski definition) is 1. The molecule has 1 atom stereocenters. The van der Waals surface area contributed by atoms with Gasteiger partial charge in [0.15, 0.2) is 0 Å². The zero-order valence-electron chi connectivity index (χ0n) is 11.8. The Morgan fingerprint density at radius 2 is 1.65 bits per heavy atom. The van der Waals surface area contributed by atoms with Crippen molar-refractivity contribution in [3.05, 3.63) is 0 Å². The van der Waals surface area contributed by atoms with Crippen LogP contribution in [0, 0.1) is 5.41 Å². The molecule has 3 heteroatoms. The van der Waals surface area contributed by atoms with E-state index >= 15 is 0 Å². The average molecular weight is 240 g/mol. The van der Waals surface area contributed by atoms with Crippen LogP contribution in [0.5, 0.6) is 0 Å². The van der Waals surface area contributed by atoms with E-state index in [1.807, 2.05) is 32.7 Å². The van der Waals surface area contributed by atoms with Crippen LogP contribution in [0.2, 0.25) is 0 Å². The molecule has 17 heavy (non-hydrogen) atoms. The summed E-state index contributed by atoms with van der Waals surface area (Å²) in [4.78, 5) is 14.2. The summed E-state index contributed by atoms with van der Waals surface area (Å²) in [7, 11) is 1.92. The lowest BCUT2D eigenvalue weighted by Gasteiger charge is -2.34. The molecule has 0 radical (unpaired) electrons. The highest BCUT2D eigenvalue weighted by Gasteiger charge is 2.32. The number of amides is 1. The van der Waals surface area contributed by atoms with Crippen molar-refractivity contribution in [3.8, 4) is 0 Å². The molecule has 1 aliphatic rings. The number of nitrogens with zero attached hydrogens (tertiary/aromatic N) is 1. The average Bonchev–Trinajstić information content (AvgIpc) is 2.53. The van der Waals surface area contributed by atoms with Crippen LogP contribution in [0.1, 0.15) is 59.3 Å². The zero-order chi connectivity index (χ0) is 13.1. The molecule has 3 nitrogen and oxygen atoms in total. The first kappa shape index (κ1) is 14.5. The van der Waals surface area contributed by atoms with Gasteiger partial charge in [-0.3, -0.25) is 4.79 Å². The second kappa shape index (κ2) is 5.85. The summed E-state index contributed by atoms with van der Waals surface area (Å²) in [5, 5.41) is 0. The molecule has 0 aliphatic heterocycles. The maximum absolute atomic E-state index is 12.3. The van der Waals surface area contributed by atoms with Crippen molar-refractivity contribution in [1.29, 1.82) is 0 Å². The Kier molecular flexibility index (Phi) is 4.99. The molecule has 0 aromatic heterocycles. The molecule has 1 fully saturated rings. The fraction of sp³-hybridized carbons (Fsp3) is 0.929. The summed E-state index contributed by atoms with van der Waals surface area (Å²) < 4.78 is 0. The van der Waals surface area contributed by atoms with Gasteiger partial charge in [0.25, 0.3) is 0 Å². The molecular weight excluding hydrogens is 212 g/mol. The quantitative estimate of drug-likeness (QED) is 0.754. The fourth-order valence-electron chi connectivity index (χ4n) is 2.41. The molecule has 0 unspecified atom stereocenters. The summed E-state index contributed by atoms with van der Waals surface area (Å²) in [5.74, 6) is 0.101. The first-order valence-electron chi connectivity index (χ1n) is 6.86. The van der Waals surface area contributed by atoms with Gasteiger partial charge < -0.3 is 10.6 Å². The number of likely N-dealkylation sites (N-methyl/N-ethyl adjacent to an activating group) is 1. The Labute approximate surface area is 106 Å². The van der Waals surface area contributed by atoms with Gasteiger partial charge in [-0.05, 0) is 18.3 Å². The zero-order valence-corrected chi connectivity index (χ0v) is 11.8. The van der Waals surface area contributed by atoms with Crippen molar-refractivity contribution < 1.29 is 4.79 Å². The third-order valence-electron chi connectivity index (χ3n) is 3.92. The van der Waals surface area contributed by atoms with Crippen molar-refractivity contribution in [3.63, 3.8) is 0 Å². The molecule has 1 aliphatic carbocycles. The summed E-state index contributed by atoms with van der Waals surface area (Å²) in [5.41, 5.74) is 5.89. The molecule has 0 heterocycles. The minimum absolute atomic E-state index is 0.101. The Morgan fingerprint density at radius 1 is 1.18 bits per heavy atom. The van der Waals surface area contributed by atoms with Gasteiger partial charge in [-0.1, -0.05) is 46.5 Å². The smallest absolute Gasteiger partial charge is 0.240 e. The number of hydrogen-bond acceptors (Lipinski definition) is 2. The first-order valence-corrected chi connectivity index (χ1v) is 6.86. The maximum Gasteiger partial charge on any atom is 0.240 e. The highest BCUT2D eigenvalue weighted by Crippen LogP contribution is 2.24.